The van der Waals surface area contributed by atoms with Crippen molar-refractivity contribution in [2.45, 2.75) is 10.9 Å². The SMILES string of the molecule is CN(C)[C@@H](CNC(=O)c1ccc(NS(=O)(=O)c2ccc3c(c2)OCCO3)cc1)c1cccs1. The molecule has 4 rings (SSSR count). The molecule has 0 saturated carbocycles. The van der Waals surface area contributed by atoms with Gasteiger partial charge in [0.25, 0.3) is 15.9 Å². The molecule has 2 aromatic carbocycles. The molecule has 2 heterocycles. The molecule has 2 N–H and O–H groups in total. The van der Waals surface area contributed by atoms with Crippen molar-refractivity contribution in [2.24, 2.45) is 0 Å². The van der Waals surface area contributed by atoms with Crippen LogP contribution in [0.15, 0.2) is 64.9 Å². The average Bonchev–Trinajstić information content (AvgIpc) is 3.33. The van der Waals surface area contributed by atoms with Gasteiger partial charge in [0, 0.05) is 28.7 Å². The van der Waals surface area contributed by atoms with E-state index in [1.165, 1.54) is 17.0 Å². The summed E-state index contributed by atoms with van der Waals surface area (Å²) < 4.78 is 39.0. The van der Waals surface area contributed by atoms with E-state index in [-0.39, 0.29) is 16.8 Å². The zero-order chi connectivity index (χ0) is 23.4. The molecule has 1 aromatic heterocycles. The van der Waals surface area contributed by atoms with Gasteiger partial charge in [0.1, 0.15) is 13.2 Å². The van der Waals surface area contributed by atoms with Crippen molar-refractivity contribution in [3.05, 3.63) is 70.4 Å². The van der Waals surface area contributed by atoms with Gasteiger partial charge >= 0.3 is 0 Å². The quantitative estimate of drug-likeness (QED) is 0.506. The topological polar surface area (TPSA) is 97.0 Å². The third kappa shape index (κ3) is 5.47. The molecule has 1 aliphatic rings. The Balaban J connectivity index is 1.40. The highest BCUT2D eigenvalue weighted by atomic mass is 32.2. The molecule has 174 valence electrons. The Kier molecular flexibility index (Phi) is 6.87. The lowest BCUT2D eigenvalue weighted by Crippen LogP contribution is -2.34. The largest absolute Gasteiger partial charge is 0.486 e. The van der Waals surface area contributed by atoms with Crippen LogP contribution in [0, 0.1) is 0 Å². The van der Waals surface area contributed by atoms with Crippen molar-refractivity contribution in [3.8, 4) is 11.5 Å². The second kappa shape index (κ2) is 9.82. The predicted octanol–water partition coefficient (Wildman–Crippen LogP) is 3.35. The van der Waals surface area contributed by atoms with Gasteiger partial charge < -0.3 is 19.7 Å². The van der Waals surface area contributed by atoms with Gasteiger partial charge in [-0.05, 0) is 61.9 Å². The molecule has 0 saturated heterocycles. The predicted molar refractivity (Wildman–Crippen MR) is 128 cm³/mol. The number of benzene rings is 2. The number of likely N-dealkylation sites (N-methyl/N-ethyl adjacent to an activating group) is 1. The van der Waals surface area contributed by atoms with Gasteiger partial charge in [0.05, 0.1) is 10.9 Å². The fourth-order valence-corrected chi connectivity index (χ4v) is 5.40. The van der Waals surface area contributed by atoms with Crippen molar-refractivity contribution >= 4 is 33.0 Å². The number of thiophene rings is 1. The minimum atomic E-state index is -3.83. The number of rotatable bonds is 8. The minimum absolute atomic E-state index is 0.0665. The van der Waals surface area contributed by atoms with Gasteiger partial charge in [-0.1, -0.05) is 6.07 Å². The molecular formula is C23H25N3O5S2. The Morgan fingerprint density at radius 2 is 1.79 bits per heavy atom. The summed E-state index contributed by atoms with van der Waals surface area (Å²) >= 11 is 1.65. The molecule has 0 spiro atoms. The third-order valence-corrected chi connectivity index (χ3v) is 7.53. The van der Waals surface area contributed by atoms with Crippen molar-refractivity contribution in [1.82, 2.24) is 10.2 Å². The number of fused-ring (bicyclic) bond motifs is 1. The molecule has 1 atom stereocenters. The Bertz CT molecular complexity index is 1210. The molecule has 8 nitrogen and oxygen atoms in total. The van der Waals surface area contributed by atoms with Crippen molar-refractivity contribution < 1.29 is 22.7 Å². The molecule has 3 aromatic rings. The maximum Gasteiger partial charge on any atom is 0.262 e. The van der Waals surface area contributed by atoms with Crippen LogP contribution in [0.25, 0.3) is 0 Å². The summed E-state index contributed by atoms with van der Waals surface area (Å²) in [6.45, 7) is 1.27. The summed E-state index contributed by atoms with van der Waals surface area (Å²) in [5, 5.41) is 4.97. The zero-order valence-corrected chi connectivity index (χ0v) is 19.9. The molecule has 1 amide bonds. The van der Waals surface area contributed by atoms with Crippen LogP contribution in [-0.4, -0.2) is 53.1 Å². The van der Waals surface area contributed by atoms with Gasteiger partial charge in [-0.15, -0.1) is 11.3 Å². The van der Waals surface area contributed by atoms with E-state index in [0.29, 0.717) is 42.5 Å². The summed E-state index contributed by atoms with van der Waals surface area (Å²) in [4.78, 5) is 15.9. The second-order valence-corrected chi connectivity index (χ2v) is 10.4. The molecule has 0 bridgehead atoms. The molecule has 0 aliphatic carbocycles. The standard InChI is InChI=1S/C23H25N3O5S2/c1-26(2)19(22-4-3-13-32-22)15-24-23(27)16-5-7-17(8-6-16)25-33(28,29)18-9-10-20-21(14-18)31-12-11-30-20/h3-10,13-14,19,25H,11-12,15H2,1-2H3,(H,24,27)/t19-/m0/s1. The number of carbonyl (C=O) groups excluding carboxylic acids is 1. The van der Waals surface area contributed by atoms with E-state index in [2.05, 4.69) is 14.9 Å². The molecule has 33 heavy (non-hydrogen) atoms. The number of hydrogen-bond donors (Lipinski definition) is 2. The maximum absolute atomic E-state index is 12.8. The van der Waals surface area contributed by atoms with Crippen molar-refractivity contribution in [3.63, 3.8) is 0 Å². The van der Waals surface area contributed by atoms with Gasteiger partial charge in [-0.3, -0.25) is 9.52 Å². The molecule has 1 aliphatic heterocycles. The number of nitrogens with zero attached hydrogens (tertiary/aromatic N) is 1. The molecule has 0 unspecified atom stereocenters. The van der Waals surface area contributed by atoms with Crippen LogP contribution >= 0.6 is 11.3 Å². The minimum Gasteiger partial charge on any atom is -0.486 e. The molecule has 0 fully saturated rings. The lowest BCUT2D eigenvalue weighted by atomic mass is 10.1. The van der Waals surface area contributed by atoms with Crippen LogP contribution in [0.3, 0.4) is 0 Å². The van der Waals surface area contributed by atoms with E-state index in [9.17, 15) is 13.2 Å². The highest BCUT2D eigenvalue weighted by Crippen LogP contribution is 2.32. The van der Waals surface area contributed by atoms with Crippen LogP contribution in [0.4, 0.5) is 5.69 Å². The van der Waals surface area contributed by atoms with Gasteiger partial charge in [0.2, 0.25) is 0 Å². The number of ether oxygens (including phenoxy) is 2. The first-order valence-corrected chi connectivity index (χ1v) is 12.7. The van der Waals surface area contributed by atoms with Gasteiger partial charge in [0.15, 0.2) is 11.5 Å². The zero-order valence-electron chi connectivity index (χ0n) is 18.3. The van der Waals surface area contributed by atoms with E-state index in [0.717, 1.165) is 0 Å². The van der Waals surface area contributed by atoms with Crippen LogP contribution in [0.2, 0.25) is 0 Å². The Morgan fingerprint density at radius 1 is 1.06 bits per heavy atom. The number of hydrogen-bond acceptors (Lipinski definition) is 7. The Hall–Kier alpha value is -3.08. The summed E-state index contributed by atoms with van der Waals surface area (Å²) in [6.07, 6.45) is 0. The third-order valence-electron chi connectivity index (χ3n) is 5.17. The highest BCUT2D eigenvalue weighted by Gasteiger charge is 2.20. The van der Waals surface area contributed by atoms with Crippen LogP contribution in [0.1, 0.15) is 21.3 Å². The van der Waals surface area contributed by atoms with E-state index in [1.54, 1.807) is 41.7 Å². The fourth-order valence-electron chi connectivity index (χ4n) is 3.40. The lowest BCUT2D eigenvalue weighted by Gasteiger charge is -2.23. The number of carbonyl (C=O) groups is 1. The molecule has 10 heteroatoms. The van der Waals surface area contributed by atoms with E-state index >= 15 is 0 Å². The van der Waals surface area contributed by atoms with Gasteiger partial charge in [-0.25, -0.2) is 8.42 Å². The summed E-state index contributed by atoms with van der Waals surface area (Å²) in [5.41, 5.74) is 0.798. The Labute approximate surface area is 197 Å². The molecule has 0 radical (unpaired) electrons. The van der Waals surface area contributed by atoms with Crippen LogP contribution in [0.5, 0.6) is 11.5 Å². The lowest BCUT2D eigenvalue weighted by molar-refractivity contribution is 0.0942. The number of sulfonamides is 1. The van der Waals surface area contributed by atoms with Crippen LogP contribution < -0.4 is 19.5 Å². The number of anilines is 1. The van der Waals surface area contributed by atoms with Crippen molar-refractivity contribution in [1.29, 1.82) is 0 Å². The summed E-state index contributed by atoms with van der Waals surface area (Å²) in [5.74, 6) is 0.695. The first-order valence-electron chi connectivity index (χ1n) is 10.3. The second-order valence-electron chi connectivity index (χ2n) is 7.69. The summed E-state index contributed by atoms with van der Waals surface area (Å²) in [7, 11) is 0.116. The smallest absolute Gasteiger partial charge is 0.262 e. The first-order chi connectivity index (χ1) is 15.8. The molecular weight excluding hydrogens is 462 g/mol. The van der Waals surface area contributed by atoms with Crippen molar-refractivity contribution in [2.75, 3.05) is 38.6 Å². The van der Waals surface area contributed by atoms with E-state index in [1.807, 2.05) is 31.6 Å². The highest BCUT2D eigenvalue weighted by molar-refractivity contribution is 7.92. The summed E-state index contributed by atoms with van der Waals surface area (Å²) in [6, 6.07) is 14.9. The average molecular weight is 488 g/mol. The first kappa shape index (κ1) is 23.1. The maximum atomic E-state index is 12.8. The monoisotopic (exact) mass is 487 g/mol. The van der Waals surface area contributed by atoms with Gasteiger partial charge in [-0.2, -0.15) is 0 Å². The normalized spacial score (nSPS) is 14.0. The van der Waals surface area contributed by atoms with E-state index in [4.69, 9.17) is 9.47 Å². The number of amides is 1. The van der Waals surface area contributed by atoms with Crippen LogP contribution in [-0.2, 0) is 10.0 Å². The number of nitrogens with one attached hydrogen (secondary N) is 2. The Morgan fingerprint density at radius 3 is 2.45 bits per heavy atom. The fraction of sp³-hybridized carbons (Fsp3) is 0.261. The van der Waals surface area contributed by atoms with E-state index < -0.39 is 10.0 Å².